The summed E-state index contributed by atoms with van der Waals surface area (Å²) in [5.41, 5.74) is 6.84. The minimum Gasteiger partial charge on any atom is -0.650 e. The van der Waals surface area contributed by atoms with Gasteiger partial charge in [0.15, 0.2) is 0 Å². The summed E-state index contributed by atoms with van der Waals surface area (Å²) in [5.74, 6) is 0. The van der Waals surface area contributed by atoms with Crippen molar-refractivity contribution in [3.8, 4) is 0 Å². The predicted molar refractivity (Wildman–Crippen MR) is 28.6 cm³/mol. The number of nitrogens with one attached hydrogen (secondary N) is 1. The van der Waals surface area contributed by atoms with Crippen LogP contribution in [0.25, 0.3) is 5.73 Å². The summed E-state index contributed by atoms with van der Waals surface area (Å²) >= 11 is 0. The fraction of sp³-hybridized carbons (Fsp3) is 1.00. The topological polar surface area (TPSA) is 36.3 Å². The van der Waals surface area contributed by atoms with Crippen LogP contribution >= 0.6 is 0 Å². The molecule has 1 unspecified atom stereocenters. The Morgan fingerprint density at radius 2 is 1.78 bits per heavy atom. The molecule has 0 rings (SSSR count). The molecule has 0 amide bonds. The van der Waals surface area contributed by atoms with Gasteiger partial charge in [0.1, 0.15) is 0 Å². The van der Waals surface area contributed by atoms with Gasteiger partial charge >= 0.3 is 0 Å². The smallest absolute Gasteiger partial charge is 0.0122 e. The molecule has 0 aromatic rings. The Morgan fingerprint density at radius 1 is 1.44 bits per heavy atom. The molecule has 0 saturated heterocycles. The Hall–Kier alpha value is 1.91. The molecule has 0 fully saturated rings. The first-order valence-electron chi connectivity index (χ1n) is 2.18. The molecule has 2 radical (unpaired) electrons. The second-order valence-corrected chi connectivity index (χ2v) is 1.56. The van der Waals surface area contributed by atoms with Crippen molar-refractivity contribution >= 4 is 0 Å². The molecule has 5 heteroatoms. The quantitative estimate of drug-likeness (QED) is 0.595. The zero-order chi connectivity index (χ0) is 5.86. The molecule has 0 spiro atoms. The van der Waals surface area contributed by atoms with Crippen LogP contribution in [0.1, 0.15) is 6.92 Å². The number of hydrogen-bond donors (Lipinski definition) is 0. The molecule has 0 aliphatic heterocycles. The van der Waals surface area contributed by atoms with Crippen molar-refractivity contribution in [2.45, 2.75) is 13.2 Å². The van der Waals surface area contributed by atoms with E-state index in [0.29, 0.717) is 0 Å². The Balaban J connectivity index is -0.000000180. The van der Waals surface area contributed by atoms with Crippen molar-refractivity contribution < 1.29 is 65.8 Å². The average molecular weight is 443 g/mol. The van der Waals surface area contributed by atoms with Gasteiger partial charge in [0.2, 0.25) is 0 Å². The summed E-state index contributed by atoms with van der Waals surface area (Å²) in [6.07, 6.45) is -0.449. The molecule has 3 nitrogen and oxygen atoms in total. The molecule has 0 aliphatic rings. The second kappa shape index (κ2) is 9.91. The first kappa shape index (κ1) is 17.1. The minimum absolute atomic E-state index is 0. The maximum absolute atomic E-state index is 6.84. The van der Waals surface area contributed by atoms with Crippen molar-refractivity contribution in [2.24, 2.45) is 0 Å². The van der Waals surface area contributed by atoms with Crippen LogP contribution in [-0.2, 0) is 27.2 Å². The fourth-order valence-electron chi connectivity index (χ4n) is 0.316. The molecule has 0 heterocycles. The zero-order valence-electron chi connectivity index (χ0n) is 5.71. The number of hydroxylamine groups is 2. The minimum atomic E-state index is -0.449. The summed E-state index contributed by atoms with van der Waals surface area (Å²) in [4.78, 5) is 4.75. The molecule has 0 aromatic carbocycles. The third-order valence-corrected chi connectivity index (χ3v) is 0.369. The van der Waals surface area contributed by atoms with Gasteiger partial charge in [-0.1, -0.05) is 6.92 Å². The molecule has 0 aliphatic carbocycles. The molecule has 0 bridgehead atoms. The van der Waals surface area contributed by atoms with Crippen LogP contribution in [0.15, 0.2) is 0 Å². The monoisotopic (exact) mass is 443 g/mol. The average Bonchev–Trinajstić information content (AvgIpc) is 1.27. The van der Waals surface area contributed by atoms with Gasteiger partial charge in [-0.15, -0.1) is 0 Å². The van der Waals surface area contributed by atoms with Crippen molar-refractivity contribution in [1.29, 1.82) is 0 Å². The SMILES string of the molecule is CC([NH-])ON(C)C.[Ta].[Tb]. The van der Waals surface area contributed by atoms with Crippen LogP contribution in [0.4, 0.5) is 0 Å². The van der Waals surface area contributed by atoms with E-state index in [1.54, 1.807) is 21.0 Å². The third kappa shape index (κ3) is 17.8. The summed E-state index contributed by atoms with van der Waals surface area (Å²) in [6.45, 7) is 1.67. The van der Waals surface area contributed by atoms with E-state index in [1.165, 1.54) is 5.06 Å². The van der Waals surface area contributed by atoms with Crippen LogP contribution in [0.5, 0.6) is 0 Å². The van der Waals surface area contributed by atoms with Gasteiger partial charge in [0, 0.05) is 75.1 Å². The van der Waals surface area contributed by atoms with Crippen molar-refractivity contribution in [3.05, 3.63) is 5.73 Å². The summed E-state index contributed by atoms with van der Waals surface area (Å²) in [5, 5.41) is 1.51. The Kier molecular flexibility index (Phi) is 18.8. The van der Waals surface area contributed by atoms with Gasteiger partial charge < -0.3 is 10.6 Å². The molecule has 1 atom stereocenters. The van der Waals surface area contributed by atoms with E-state index in [9.17, 15) is 0 Å². The van der Waals surface area contributed by atoms with E-state index < -0.39 is 6.23 Å². The summed E-state index contributed by atoms with van der Waals surface area (Å²) in [6, 6.07) is 0. The van der Waals surface area contributed by atoms with Crippen LogP contribution < -0.4 is 0 Å². The van der Waals surface area contributed by atoms with Crippen LogP contribution in [0.3, 0.4) is 0 Å². The van der Waals surface area contributed by atoms with Gasteiger partial charge in [-0.3, -0.25) is 0 Å². The normalized spacial score (nSPS) is 11.7. The van der Waals surface area contributed by atoms with Crippen LogP contribution in [0.2, 0.25) is 0 Å². The standard InChI is InChI=1S/C4H11N2O.Ta.Tb/c1-4(5)7-6(2)3;;/h4-5H,1-3H3;;/q-1;;. The van der Waals surface area contributed by atoms with Crippen molar-refractivity contribution in [3.63, 3.8) is 0 Å². The first-order chi connectivity index (χ1) is 3.13. The molecular weight excluding hydrogens is 432 g/mol. The van der Waals surface area contributed by atoms with Gasteiger partial charge in [-0.25, -0.2) is 0 Å². The zero-order valence-corrected chi connectivity index (χ0v) is 11.1. The molecule has 9 heavy (non-hydrogen) atoms. The van der Waals surface area contributed by atoms with Crippen molar-refractivity contribution in [1.82, 2.24) is 5.06 Å². The Morgan fingerprint density at radius 3 is 1.78 bits per heavy atom. The summed E-state index contributed by atoms with van der Waals surface area (Å²) in [7, 11) is 3.51. The maximum atomic E-state index is 6.84. The van der Waals surface area contributed by atoms with E-state index in [1.807, 2.05) is 0 Å². The molecule has 0 saturated carbocycles. The number of nitrogens with zero attached hydrogens (tertiary/aromatic N) is 1. The predicted octanol–water partition coefficient (Wildman–Crippen LogP) is 0.875. The van der Waals surface area contributed by atoms with Crippen LogP contribution in [-0.4, -0.2) is 25.4 Å². The Bertz CT molecular complexity index is 47.8. The maximum Gasteiger partial charge on any atom is 0.0122 e. The third-order valence-electron chi connectivity index (χ3n) is 0.369. The van der Waals surface area contributed by atoms with E-state index in [2.05, 4.69) is 0 Å². The Labute approximate surface area is 103 Å². The van der Waals surface area contributed by atoms with E-state index in [-0.39, 0.29) is 61.0 Å². The van der Waals surface area contributed by atoms with Gasteiger partial charge in [0.25, 0.3) is 0 Å². The van der Waals surface area contributed by atoms with Gasteiger partial charge in [-0.05, 0) is 6.23 Å². The van der Waals surface area contributed by atoms with E-state index >= 15 is 0 Å². The largest absolute Gasteiger partial charge is 0.650 e. The van der Waals surface area contributed by atoms with E-state index in [0.717, 1.165) is 0 Å². The molecule has 1 N–H and O–H groups in total. The molecule has 0 aromatic heterocycles. The molecule has 58 valence electrons. The number of hydrogen-bond acceptors (Lipinski definition) is 2. The van der Waals surface area contributed by atoms with Crippen LogP contribution in [0, 0.1) is 38.6 Å². The molecular formula is C4H11N2OTaTb-. The first-order valence-corrected chi connectivity index (χ1v) is 2.18. The summed E-state index contributed by atoms with van der Waals surface area (Å²) < 4.78 is 0. The second-order valence-electron chi connectivity index (χ2n) is 1.56. The van der Waals surface area contributed by atoms with Gasteiger partial charge in [0.05, 0.1) is 0 Å². The van der Waals surface area contributed by atoms with Gasteiger partial charge in [-0.2, -0.15) is 5.06 Å². The number of rotatable bonds is 2. The van der Waals surface area contributed by atoms with Crippen molar-refractivity contribution in [2.75, 3.05) is 14.1 Å². The van der Waals surface area contributed by atoms with E-state index in [4.69, 9.17) is 10.6 Å². The fourth-order valence-corrected chi connectivity index (χ4v) is 0.316.